The minimum absolute atomic E-state index is 0.0254. The Balaban J connectivity index is 2.02. The molecule has 0 fully saturated rings. The number of benzene rings is 2. The number of fused-ring (bicyclic) bond motifs is 3. The van der Waals surface area contributed by atoms with Gasteiger partial charge >= 0.3 is 0 Å². The Morgan fingerprint density at radius 3 is 2.83 bits per heavy atom. The smallest absolute Gasteiger partial charge is 0.205 e. The molecule has 3 aromatic rings. The van der Waals surface area contributed by atoms with Crippen molar-refractivity contribution in [2.24, 2.45) is 5.73 Å². The molecule has 0 saturated heterocycles. The Bertz CT molecular complexity index is 1040. The monoisotopic (exact) mass is 317 g/mol. The Morgan fingerprint density at radius 1 is 1.17 bits per heavy atom. The second-order valence-corrected chi connectivity index (χ2v) is 5.54. The van der Waals surface area contributed by atoms with Crippen LogP contribution in [0.4, 0.5) is 4.39 Å². The summed E-state index contributed by atoms with van der Waals surface area (Å²) in [7, 11) is 0. The van der Waals surface area contributed by atoms with E-state index in [0.29, 0.717) is 16.8 Å². The molecule has 24 heavy (non-hydrogen) atoms. The lowest BCUT2D eigenvalue weighted by atomic mass is 9.83. The van der Waals surface area contributed by atoms with E-state index in [1.165, 1.54) is 12.1 Å². The number of halogens is 1. The van der Waals surface area contributed by atoms with E-state index in [-0.39, 0.29) is 17.3 Å². The zero-order valence-corrected chi connectivity index (χ0v) is 12.5. The lowest BCUT2D eigenvalue weighted by Crippen LogP contribution is -2.21. The lowest BCUT2D eigenvalue weighted by Gasteiger charge is -2.27. The highest BCUT2D eigenvalue weighted by molar-refractivity contribution is 5.87. The number of hydrogen-bond acceptors (Lipinski definition) is 4. The fourth-order valence-corrected chi connectivity index (χ4v) is 3.08. The molecule has 0 aliphatic carbocycles. The first-order valence-electron chi connectivity index (χ1n) is 7.39. The van der Waals surface area contributed by atoms with Crippen LogP contribution in [0.1, 0.15) is 17.0 Å². The SMILES string of the molecule is N#CC1=C(N)Oc2c(ccc3cccnc23)[C@@H]1c1cccc(F)c1. The van der Waals surface area contributed by atoms with Crippen molar-refractivity contribution in [3.8, 4) is 11.8 Å². The van der Waals surface area contributed by atoms with Crippen LogP contribution < -0.4 is 10.5 Å². The molecule has 0 bridgehead atoms. The van der Waals surface area contributed by atoms with Gasteiger partial charge in [0.2, 0.25) is 5.88 Å². The van der Waals surface area contributed by atoms with E-state index in [9.17, 15) is 9.65 Å². The third-order valence-corrected chi connectivity index (χ3v) is 4.14. The zero-order chi connectivity index (χ0) is 16.7. The van der Waals surface area contributed by atoms with Gasteiger partial charge in [0.15, 0.2) is 5.75 Å². The van der Waals surface area contributed by atoms with Gasteiger partial charge in [-0.3, -0.25) is 4.98 Å². The van der Waals surface area contributed by atoms with Crippen LogP contribution >= 0.6 is 0 Å². The molecule has 4 rings (SSSR count). The summed E-state index contributed by atoms with van der Waals surface area (Å²) < 4.78 is 19.4. The van der Waals surface area contributed by atoms with Crippen LogP contribution in [-0.2, 0) is 0 Å². The van der Waals surface area contributed by atoms with Gasteiger partial charge in [0.25, 0.3) is 0 Å². The minimum atomic E-state index is -0.485. The molecule has 1 atom stereocenters. The van der Waals surface area contributed by atoms with E-state index in [1.54, 1.807) is 18.3 Å². The molecule has 0 saturated carbocycles. The van der Waals surface area contributed by atoms with Crippen molar-refractivity contribution in [3.63, 3.8) is 0 Å². The van der Waals surface area contributed by atoms with E-state index in [4.69, 9.17) is 10.5 Å². The number of nitriles is 1. The summed E-state index contributed by atoms with van der Waals surface area (Å²) in [5.41, 5.74) is 8.30. The molecular weight excluding hydrogens is 305 g/mol. The molecule has 116 valence electrons. The number of hydrogen-bond donors (Lipinski definition) is 1. The molecule has 2 N–H and O–H groups in total. The van der Waals surface area contributed by atoms with Gasteiger partial charge in [0.05, 0.1) is 5.92 Å². The maximum Gasteiger partial charge on any atom is 0.205 e. The maximum absolute atomic E-state index is 13.7. The zero-order valence-electron chi connectivity index (χ0n) is 12.5. The standard InChI is InChI=1S/C19H12FN3O/c20-13-5-1-3-12(9-13)16-14-7-6-11-4-2-8-23-17(11)18(14)24-19(22)15(16)10-21/h1-9,16H,22H2/t16-/m0/s1. The van der Waals surface area contributed by atoms with Crippen LogP contribution in [0.3, 0.4) is 0 Å². The van der Waals surface area contributed by atoms with Crippen molar-refractivity contribution >= 4 is 10.9 Å². The van der Waals surface area contributed by atoms with E-state index in [2.05, 4.69) is 11.1 Å². The van der Waals surface area contributed by atoms with Gasteiger partial charge in [0.1, 0.15) is 23.0 Å². The number of rotatable bonds is 1. The molecule has 1 aliphatic rings. The van der Waals surface area contributed by atoms with Crippen molar-refractivity contribution in [3.05, 3.63) is 83.1 Å². The molecule has 4 nitrogen and oxygen atoms in total. The van der Waals surface area contributed by atoms with Crippen LogP contribution in [0.25, 0.3) is 10.9 Å². The van der Waals surface area contributed by atoms with Crippen molar-refractivity contribution in [1.29, 1.82) is 5.26 Å². The maximum atomic E-state index is 13.7. The van der Waals surface area contributed by atoms with Gasteiger partial charge < -0.3 is 10.5 Å². The average Bonchev–Trinajstić information content (AvgIpc) is 2.60. The number of ether oxygens (including phenoxy) is 1. The van der Waals surface area contributed by atoms with Gasteiger partial charge in [-0.1, -0.05) is 30.3 Å². The normalized spacial score (nSPS) is 16.4. The first-order valence-corrected chi connectivity index (χ1v) is 7.39. The number of allylic oxidation sites excluding steroid dienone is 1. The number of aromatic nitrogens is 1. The van der Waals surface area contributed by atoms with Crippen LogP contribution in [0, 0.1) is 17.1 Å². The molecule has 0 radical (unpaired) electrons. The van der Waals surface area contributed by atoms with Crippen LogP contribution in [0.2, 0.25) is 0 Å². The summed E-state index contributed by atoms with van der Waals surface area (Å²) in [4.78, 5) is 4.37. The molecule has 1 aromatic heterocycles. The fraction of sp³-hybridized carbons (Fsp3) is 0.0526. The van der Waals surface area contributed by atoms with E-state index >= 15 is 0 Å². The highest BCUT2D eigenvalue weighted by Gasteiger charge is 2.32. The van der Waals surface area contributed by atoms with Crippen LogP contribution in [-0.4, -0.2) is 4.98 Å². The third kappa shape index (κ3) is 2.09. The van der Waals surface area contributed by atoms with E-state index < -0.39 is 5.92 Å². The van der Waals surface area contributed by atoms with Gasteiger partial charge in [-0.2, -0.15) is 5.26 Å². The van der Waals surface area contributed by atoms with Gasteiger partial charge in [-0.15, -0.1) is 0 Å². The third-order valence-electron chi connectivity index (χ3n) is 4.14. The van der Waals surface area contributed by atoms with Crippen molar-refractivity contribution in [2.45, 2.75) is 5.92 Å². The number of pyridine rings is 1. The Morgan fingerprint density at radius 2 is 2.04 bits per heavy atom. The first-order chi connectivity index (χ1) is 11.7. The lowest BCUT2D eigenvalue weighted by molar-refractivity contribution is 0.397. The van der Waals surface area contributed by atoms with Crippen LogP contribution in [0.5, 0.6) is 5.75 Å². The number of nitrogens with zero attached hydrogens (tertiary/aromatic N) is 2. The van der Waals surface area contributed by atoms with Gasteiger partial charge in [-0.05, 0) is 23.8 Å². The summed E-state index contributed by atoms with van der Waals surface area (Å²) in [6, 6.07) is 15.8. The fourth-order valence-electron chi connectivity index (χ4n) is 3.08. The van der Waals surface area contributed by atoms with Crippen LogP contribution in [0.15, 0.2) is 66.2 Å². The molecule has 2 aromatic carbocycles. The second-order valence-electron chi connectivity index (χ2n) is 5.54. The summed E-state index contributed by atoms with van der Waals surface area (Å²) in [6.07, 6.45) is 1.67. The molecule has 1 aliphatic heterocycles. The largest absolute Gasteiger partial charge is 0.438 e. The summed E-state index contributed by atoms with van der Waals surface area (Å²) in [5, 5.41) is 10.4. The van der Waals surface area contributed by atoms with Gasteiger partial charge in [-0.25, -0.2) is 4.39 Å². The Labute approximate surface area is 137 Å². The highest BCUT2D eigenvalue weighted by Crippen LogP contribution is 2.44. The Kier molecular flexibility index (Phi) is 3.17. The van der Waals surface area contributed by atoms with E-state index in [1.807, 2.05) is 24.3 Å². The second kappa shape index (κ2) is 5.36. The number of nitrogens with two attached hydrogens (primary N) is 1. The molecule has 0 unspecified atom stereocenters. The minimum Gasteiger partial charge on any atom is -0.438 e. The summed E-state index contributed by atoms with van der Waals surface area (Å²) in [6.45, 7) is 0. The van der Waals surface area contributed by atoms with E-state index in [0.717, 1.165) is 10.9 Å². The molecule has 2 heterocycles. The molecular formula is C19H12FN3O. The molecule has 5 heteroatoms. The van der Waals surface area contributed by atoms with Crippen molar-refractivity contribution in [1.82, 2.24) is 4.98 Å². The Hall–Kier alpha value is -3.39. The van der Waals surface area contributed by atoms with Gasteiger partial charge in [0, 0.05) is 17.1 Å². The topological polar surface area (TPSA) is 71.9 Å². The first kappa shape index (κ1) is 14.2. The molecule has 0 spiro atoms. The summed E-state index contributed by atoms with van der Waals surface area (Å²) >= 11 is 0. The highest BCUT2D eigenvalue weighted by atomic mass is 19.1. The predicted molar refractivity (Wildman–Crippen MR) is 87.4 cm³/mol. The van der Waals surface area contributed by atoms with Crippen molar-refractivity contribution in [2.75, 3.05) is 0 Å². The van der Waals surface area contributed by atoms with Crippen molar-refractivity contribution < 1.29 is 9.13 Å². The quantitative estimate of drug-likeness (QED) is 0.744. The average molecular weight is 317 g/mol. The predicted octanol–water partition coefficient (Wildman–Crippen LogP) is 3.59. The summed E-state index contributed by atoms with van der Waals surface area (Å²) in [5.74, 6) is -0.313. The molecule has 0 amide bonds.